The maximum atomic E-state index is 12.1. The fourth-order valence-electron chi connectivity index (χ4n) is 3.45. The Morgan fingerprint density at radius 3 is 2.71 bits per heavy atom. The van der Waals surface area contributed by atoms with Gasteiger partial charge in [0.05, 0.1) is 0 Å². The molecule has 3 heteroatoms. The maximum Gasteiger partial charge on any atom is 0.221 e. The number of benzene rings is 2. The van der Waals surface area contributed by atoms with E-state index >= 15 is 0 Å². The summed E-state index contributed by atoms with van der Waals surface area (Å²) in [5.74, 6) is 0.152. The Morgan fingerprint density at radius 2 is 1.88 bits per heavy atom. The van der Waals surface area contributed by atoms with Crippen LogP contribution in [0.4, 0.5) is 5.69 Å². The van der Waals surface area contributed by atoms with Gasteiger partial charge in [0, 0.05) is 31.2 Å². The first-order valence-corrected chi connectivity index (χ1v) is 8.89. The van der Waals surface area contributed by atoms with Crippen LogP contribution in [0.5, 0.6) is 0 Å². The first-order chi connectivity index (χ1) is 11.7. The zero-order valence-corrected chi connectivity index (χ0v) is 14.4. The van der Waals surface area contributed by atoms with Gasteiger partial charge in [0.15, 0.2) is 0 Å². The van der Waals surface area contributed by atoms with Gasteiger partial charge in [0.2, 0.25) is 5.91 Å². The van der Waals surface area contributed by atoms with Gasteiger partial charge in [-0.15, -0.1) is 0 Å². The molecule has 0 spiro atoms. The van der Waals surface area contributed by atoms with Gasteiger partial charge in [0.25, 0.3) is 0 Å². The van der Waals surface area contributed by atoms with Crippen LogP contribution >= 0.6 is 0 Å². The highest BCUT2D eigenvalue weighted by Crippen LogP contribution is 2.31. The van der Waals surface area contributed by atoms with E-state index in [-0.39, 0.29) is 5.91 Å². The zero-order chi connectivity index (χ0) is 16.8. The molecule has 0 radical (unpaired) electrons. The van der Waals surface area contributed by atoms with E-state index in [1.807, 2.05) is 6.07 Å². The molecule has 1 heterocycles. The minimum Gasteiger partial charge on any atom is -0.368 e. The number of fused-ring (bicyclic) bond motifs is 1. The van der Waals surface area contributed by atoms with Crippen molar-refractivity contribution in [2.45, 2.75) is 38.6 Å². The molecule has 0 aliphatic carbocycles. The Bertz CT molecular complexity index is 669. The number of nitrogens with zero attached hydrogens (tertiary/aromatic N) is 1. The zero-order valence-electron chi connectivity index (χ0n) is 14.4. The summed E-state index contributed by atoms with van der Waals surface area (Å²) in [5, 5.41) is 3.05. The standard InChI is InChI=1S/C21H26N2O/c1-17-16-19-11-5-6-12-20(19)23(17)15-13-21(24)22-14-7-10-18-8-3-2-4-9-18/h2-6,8-9,11-12,17H,7,10,13-16H2,1H3,(H,22,24). The van der Waals surface area contributed by atoms with E-state index in [2.05, 4.69) is 65.7 Å². The second kappa shape index (κ2) is 8.00. The highest BCUT2D eigenvalue weighted by molar-refractivity contribution is 5.76. The summed E-state index contributed by atoms with van der Waals surface area (Å²) >= 11 is 0. The second-order valence-corrected chi connectivity index (χ2v) is 6.56. The van der Waals surface area contributed by atoms with Crippen molar-refractivity contribution in [1.82, 2.24) is 5.32 Å². The van der Waals surface area contributed by atoms with Crippen LogP contribution in [-0.4, -0.2) is 25.0 Å². The smallest absolute Gasteiger partial charge is 0.221 e. The Labute approximate surface area is 144 Å². The molecular formula is C21H26N2O. The lowest BCUT2D eigenvalue weighted by Gasteiger charge is -2.24. The van der Waals surface area contributed by atoms with Crippen LogP contribution in [0.3, 0.4) is 0 Å². The van der Waals surface area contributed by atoms with Crippen molar-refractivity contribution >= 4 is 11.6 Å². The number of hydrogen-bond acceptors (Lipinski definition) is 2. The maximum absolute atomic E-state index is 12.1. The first-order valence-electron chi connectivity index (χ1n) is 8.89. The van der Waals surface area contributed by atoms with Gasteiger partial charge in [-0.2, -0.15) is 0 Å². The van der Waals surface area contributed by atoms with Gasteiger partial charge < -0.3 is 10.2 Å². The predicted octanol–water partition coefficient (Wildman–Crippen LogP) is 3.58. The third kappa shape index (κ3) is 4.16. The number of nitrogens with one attached hydrogen (secondary N) is 1. The van der Waals surface area contributed by atoms with E-state index in [1.54, 1.807) is 0 Å². The molecule has 0 fully saturated rings. The monoisotopic (exact) mass is 322 g/mol. The summed E-state index contributed by atoms with van der Waals surface area (Å²) in [4.78, 5) is 14.5. The Morgan fingerprint density at radius 1 is 1.12 bits per heavy atom. The molecule has 1 unspecified atom stereocenters. The fourth-order valence-corrected chi connectivity index (χ4v) is 3.45. The molecular weight excluding hydrogens is 296 g/mol. The molecule has 0 aromatic heterocycles. The SMILES string of the molecule is CC1Cc2ccccc2N1CCC(=O)NCCCc1ccccc1. The number of rotatable bonds is 7. The molecule has 126 valence electrons. The van der Waals surface area contributed by atoms with E-state index in [1.165, 1.54) is 16.8 Å². The van der Waals surface area contributed by atoms with Crippen molar-refractivity contribution in [3.63, 3.8) is 0 Å². The average molecular weight is 322 g/mol. The van der Waals surface area contributed by atoms with Gasteiger partial charge in [-0.25, -0.2) is 0 Å². The highest BCUT2D eigenvalue weighted by Gasteiger charge is 2.25. The lowest BCUT2D eigenvalue weighted by Crippen LogP contribution is -2.34. The molecule has 0 bridgehead atoms. The van der Waals surface area contributed by atoms with Crippen LogP contribution in [0, 0.1) is 0 Å². The normalized spacial score (nSPS) is 16.0. The number of aryl methyl sites for hydroxylation is 1. The summed E-state index contributed by atoms with van der Waals surface area (Å²) < 4.78 is 0. The quantitative estimate of drug-likeness (QED) is 0.790. The van der Waals surface area contributed by atoms with E-state index in [9.17, 15) is 4.79 Å². The lowest BCUT2D eigenvalue weighted by molar-refractivity contribution is -0.120. The molecule has 0 saturated heterocycles. The molecule has 2 aromatic rings. The molecule has 2 aromatic carbocycles. The Kier molecular flexibility index (Phi) is 5.52. The van der Waals surface area contributed by atoms with Crippen molar-refractivity contribution in [3.05, 3.63) is 65.7 Å². The van der Waals surface area contributed by atoms with Crippen molar-refractivity contribution in [1.29, 1.82) is 0 Å². The molecule has 1 atom stereocenters. The van der Waals surface area contributed by atoms with Gasteiger partial charge in [0.1, 0.15) is 0 Å². The average Bonchev–Trinajstić information content (AvgIpc) is 2.93. The number of para-hydroxylation sites is 1. The third-order valence-corrected chi connectivity index (χ3v) is 4.74. The highest BCUT2D eigenvalue weighted by atomic mass is 16.1. The van der Waals surface area contributed by atoms with Gasteiger partial charge >= 0.3 is 0 Å². The van der Waals surface area contributed by atoms with Crippen LogP contribution in [0.25, 0.3) is 0 Å². The van der Waals surface area contributed by atoms with E-state index in [0.717, 1.165) is 32.4 Å². The van der Waals surface area contributed by atoms with Crippen LogP contribution < -0.4 is 10.2 Å². The predicted molar refractivity (Wildman–Crippen MR) is 99.3 cm³/mol. The third-order valence-electron chi connectivity index (χ3n) is 4.74. The number of hydrogen-bond donors (Lipinski definition) is 1. The summed E-state index contributed by atoms with van der Waals surface area (Å²) in [5.41, 5.74) is 4.02. The molecule has 1 aliphatic rings. The summed E-state index contributed by atoms with van der Waals surface area (Å²) in [6.07, 6.45) is 3.63. The van der Waals surface area contributed by atoms with E-state index in [0.29, 0.717) is 12.5 Å². The van der Waals surface area contributed by atoms with Crippen molar-refractivity contribution in [3.8, 4) is 0 Å². The van der Waals surface area contributed by atoms with Crippen molar-refractivity contribution < 1.29 is 4.79 Å². The summed E-state index contributed by atoms with van der Waals surface area (Å²) in [6, 6.07) is 19.4. The van der Waals surface area contributed by atoms with Crippen molar-refractivity contribution in [2.75, 3.05) is 18.0 Å². The Balaban J connectivity index is 1.38. The summed E-state index contributed by atoms with van der Waals surface area (Å²) in [7, 11) is 0. The summed E-state index contributed by atoms with van der Waals surface area (Å²) in [6.45, 7) is 3.78. The van der Waals surface area contributed by atoms with E-state index < -0.39 is 0 Å². The topological polar surface area (TPSA) is 32.3 Å². The van der Waals surface area contributed by atoms with Crippen LogP contribution in [0.1, 0.15) is 30.9 Å². The van der Waals surface area contributed by atoms with Gasteiger partial charge in [-0.3, -0.25) is 4.79 Å². The minimum absolute atomic E-state index is 0.152. The molecule has 3 nitrogen and oxygen atoms in total. The minimum atomic E-state index is 0.152. The molecule has 1 aliphatic heterocycles. The second-order valence-electron chi connectivity index (χ2n) is 6.56. The lowest BCUT2D eigenvalue weighted by atomic mass is 10.1. The van der Waals surface area contributed by atoms with Crippen LogP contribution in [0.2, 0.25) is 0 Å². The molecule has 0 saturated carbocycles. The number of anilines is 1. The number of amides is 1. The van der Waals surface area contributed by atoms with Crippen LogP contribution in [-0.2, 0) is 17.6 Å². The number of carbonyl (C=O) groups is 1. The van der Waals surface area contributed by atoms with Crippen molar-refractivity contribution in [2.24, 2.45) is 0 Å². The van der Waals surface area contributed by atoms with Gasteiger partial charge in [-0.1, -0.05) is 48.5 Å². The first kappa shape index (κ1) is 16.6. The molecule has 1 N–H and O–H groups in total. The molecule has 1 amide bonds. The molecule has 24 heavy (non-hydrogen) atoms. The van der Waals surface area contributed by atoms with E-state index in [4.69, 9.17) is 0 Å². The molecule has 3 rings (SSSR count). The Hall–Kier alpha value is -2.29. The number of carbonyl (C=O) groups excluding carboxylic acids is 1. The fraction of sp³-hybridized carbons (Fsp3) is 0.381. The largest absolute Gasteiger partial charge is 0.368 e. The van der Waals surface area contributed by atoms with Crippen LogP contribution in [0.15, 0.2) is 54.6 Å². The van der Waals surface area contributed by atoms with Gasteiger partial charge in [-0.05, 0) is 43.4 Å².